The molecule has 0 radical (unpaired) electrons. The van der Waals surface area contributed by atoms with E-state index in [0.29, 0.717) is 25.1 Å². The van der Waals surface area contributed by atoms with E-state index in [1.54, 1.807) is 19.4 Å². The Kier molecular flexibility index (Phi) is 7.19. The van der Waals surface area contributed by atoms with E-state index < -0.39 is 0 Å². The van der Waals surface area contributed by atoms with Gasteiger partial charge in [-0.15, -0.1) is 0 Å². The number of carbonyl (C=O) groups excluding carboxylic acids is 2. The minimum atomic E-state index is -0.0752. The Morgan fingerprint density at radius 1 is 1.07 bits per heavy atom. The summed E-state index contributed by atoms with van der Waals surface area (Å²) in [7, 11) is 3.69. The van der Waals surface area contributed by atoms with E-state index in [9.17, 15) is 9.59 Å². The normalized spacial score (nSPS) is 19.0. The highest BCUT2D eigenvalue weighted by Crippen LogP contribution is 2.24. The van der Waals surface area contributed by atoms with E-state index in [-0.39, 0.29) is 23.9 Å². The van der Waals surface area contributed by atoms with Gasteiger partial charge in [0.1, 0.15) is 0 Å². The maximum absolute atomic E-state index is 12.5. The van der Waals surface area contributed by atoms with Gasteiger partial charge in [0.15, 0.2) is 0 Å². The SMILES string of the molecule is CNC(=O)C[C@H]1CC[C@@H](CNC(=O)c2ccc(NCc3ccncc3)cc2)N1C. The summed E-state index contributed by atoms with van der Waals surface area (Å²) in [6.45, 7) is 1.29. The van der Waals surface area contributed by atoms with Gasteiger partial charge in [-0.1, -0.05) is 0 Å². The molecule has 29 heavy (non-hydrogen) atoms. The zero-order chi connectivity index (χ0) is 20.6. The fourth-order valence-corrected chi connectivity index (χ4v) is 3.66. The molecule has 2 atom stereocenters. The van der Waals surface area contributed by atoms with E-state index in [1.165, 1.54) is 0 Å². The highest BCUT2D eigenvalue weighted by atomic mass is 16.2. The number of benzene rings is 1. The number of rotatable bonds is 8. The van der Waals surface area contributed by atoms with Crippen LogP contribution in [0.4, 0.5) is 5.69 Å². The van der Waals surface area contributed by atoms with Crippen molar-refractivity contribution in [3.63, 3.8) is 0 Å². The van der Waals surface area contributed by atoms with Crippen molar-refractivity contribution in [2.45, 2.75) is 37.9 Å². The largest absolute Gasteiger partial charge is 0.381 e. The number of hydrogen-bond acceptors (Lipinski definition) is 5. The van der Waals surface area contributed by atoms with Gasteiger partial charge in [-0.25, -0.2) is 0 Å². The highest BCUT2D eigenvalue weighted by Gasteiger charge is 2.31. The first-order valence-electron chi connectivity index (χ1n) is 10.0. The summed E-state index contributed by atoms with van der Waals surface area (Å²) in [4.78, 5) is 30.3. The molecule has 0 unspecified atom stereocenters. The van der Waals surface area contributed by atoms with Crippen molar-refractivity contribution >= 4 is 17.5 Å². The average molecular weight is 396 g/mol. The molecule has 1 aromatic carbocycles. The summed E-state index contributed by atoms with van der Waals surface area (Å²) in [6.07, 6.45) is 6.00. The molecule has 2 amide bonds. The van der Waals surface area contributed by atoms with Crippen molar-refractivity contribution in [3.05, 3.63) is 59.9 Å². The molecule has 0 bridgehead atoms. The number of likely N-dealkylation sites (tertiary alicyclic amines) is 1. The summed E-state index contributed by atoms with van der Waals surface area (Å²) in [6, 6.07) is 11.9. The van der Waals surface area contributed by atoms with E-state index in [4.69, 9.17) is 0 Å². The topological polar surface area (TPSA) is 86.4 Å². The predicted octanol–water partition coefficient (Wildman–Crippen LogP) is 2.02. The number of nitrogens with one attached hydrogen (secondary N) is 3. The van der Waals surface area contributed by atoms with Gasteiger partial charge in [0.25, 0.3) is 5.91 Å². The van der Waals surface area contributed by atoms with Crippen molar-refractivity contribution in [2.75, 3.05) is 26.0 Å². The first-order chi connectivity index (χ1) is 14.1. The predicted molar refractivity (Wildman–Crippen MR) is 114 cm³/mol. The zero-order valence-corrected chi connectivity index (χ0v) is 17.0. The summed E-state index contributed by atoms with van der Waals surface area (Å²) in [5, 5.41) is 9.04. The van der Waals surface area contributed by atoms with Crippen LogP contribution in [0, 0.1) is 0 Å². The van der Waals surface area contributed by atoms with Crippen LogP contribution in [0.1, 0.15) is 35.2 Å². The van der Waals surface area contributed by atoms with Crippen molar-refractivity contribution in [1.29, 1.82) is 0 Å². The molecule has 3 rings (SSSR count). The second-order valence-corrected chi connectivity index (χ2v) is 7.42. The number of carbonyl (C=O) groups is 2. The van der Waals surface area contributed by atoms with Gasteiger partial charge in [-0.05, 0) is 61.9 Å². The average Bonchev–Trinajstić information content (AvgIpc) is 3.10. The van der Waals surface area contributed by atoms with Crippen LogP contribution in [0.2, 0.25) is 0 Å². The molecule has 1 aliphatic heterocycles. The lowest BCUT2D eigenvalue weighted by molar-refractivity contribution is -0.121. The maximum atomic E-state index is 12.5. The minimum Gasteiger partial charge on any atom is -0.381 e. The van der Waals surface area contributed by atoms with Crippen LogP contribution in [-0.2, 0) is 11.3 Å². The van der Waals surface area contributed by atoms with Gasteiger partial charge in [0.05, 0.1) is 0 Å². The Labute approximate surface area is 171 Å². The third kappa shape index (κ3) is 5.77. The summed E-state index contributed by atoms with van der Waals surface area (Å²) < 4.78 is 0. The summed E-state index contributed by atoms with van der Waals surface area (Å²) in [5.74, 6) is -0.0157. The number of likely N-dealkylation sites (N-methyl/N-ethyl adjacent to an activating group) is 1. The van der Waals surface area contributed by atoms with Gasteiger partial charge in [-0.3, -0.25) is 19.5 Å². The molecular weight excluding hydrogens is 366 g/mol. The monoisotopic (exact) mass is 395 g/mol. The first kappa shape index (κ1) is 20.8. The molecule has 2 heterocycles. The number of hydrogen-bond donors (Lipinski definition) is 3. The molecule has 0 saturated carbocycles. The number of amides is 2. The Bertz CT molecular complexity index is 810. The molecule has 1 saturated heterocycles. The van der Waals surface area contributed by atoms with Crippen LogP contribution in [0.5, 0.6) is 0 Å². The lowest BCUT2D eigenvalue weighted by Gasteiger charge is -2.25. The number of nitrogens with zero attached hydrogens (tertiary/aromatic N) is 2. The second-order valence-electron chi connectivity index (χ2n) is 7.42. The van der Waals surface area contributed by atoms with Crippen molar-refractivity contribution < 1.29 is 9.59 Å². The van der Waals surface area contributed by atoms with E-state index in [0.717, 1.165) is 24.1 Å². The number of anilines is 1. The lowest BCUT2D eigenvalue weighted by Crippen LogP contribution is -2.42. The fourth-order valence-electron chi connectivity index (χ4n) is 3.66. The lowest BCUT2D eigenvalue weighted by atomic mass is 10.1. The molecule has 2 aromatic rings. The third-order valence-corrected chi connectivity index (χ3v) is 5.58. The smallest absolute Gasteiger partial charge is 0.251 e. The summed E-state index contributed by atoms with van der Waals surface area (Å²) in [5.41, 5.74) is 2.75. The van der Waals surface area contributed by atoms with E-state index in [2.05, 4.69) is 25.8 Å². The molecule has 1 aliphatic rings. The maximum Gasteiger partial charge on any atom is 0.251 e. The minimum absolute atomic E-state index is 0.0594. The molecular formula is C22H29N5O2. The standard InChI is InChI=1S/C22H29N5O2/c1-23-21(28)13-19-7-8-20(27(19)2)15-26-22(29)17-3-5-18(6-4-17)25-14-16-9-11-24-12-10-16/h3-6,9-12,19-20,25H,7-8,13-15H2,1-2H3,(H,23,28)(H,26,29)/t19-,20+/m1/s1. The van der Waals surface area contributed by atoms with Gasteiger partial charge >= 0.3 is 0 Å². The third-order valence-electron chi connectivity index (χ3n) is 5.58. The van der Waals surface area contributed by atoms with Crippen molar-refractivity contribution in [2.24, 2.45) is 0 Å². The number of aromatic nitrogens is 1. The second kappa shape index (κ2) is 10.0. The van der Waals surface area contributed by atoms with Crippen LogP contribution in [0.3, 0.4) is 0 Å². The molecule has 1 aromatic heterocycles. The van der Waals surface area contributed by atoms with Gasteiger partial charge < -0.3 is 16.0 Å². The molecule has 154 valence electrons. The first-order valence-corrected chi connectivity index (χ1v) is 10.0. The Hall–Kier alpha value is -2.93. The fraction of sp³-hybridized carbons (Fsp3) is 0.409. The van der Waals surface area contributed by atoms with Crippen LogP contribution in [0.15, 0.2) is 48.8 Å². The highest BCUT2D eigenvalue weighted by molar-refractivity contribution is 5.94. The van der Waals surface area contributed by atoms with Crippen LogP contribution in [0.25, 0.3) is 0 Å². The van der Waals surface area contributed by atoms with E-state index in [1.807, 2.05) is 43.4 Å². The van der Waals surface area contributed by atoms with E-state index >= 15 is 0 Å². The van der Waals surface area contributed by atoms with Crippen LogP contribution >= 0.6 is 0 Å². The molecule has 1 fully saturated rings. The molecule has 0 aliphatic carbocycles. The summed E-state index contributed by atoms with van der Waals surface area (Å²) >= 11 is 0. The van der Waals surface area contributed by atoms with Gasteiger partial charge in [0, 0.05) is 62.3 Å². The molecule has 7 nitrogen and oxygen atoms in total. The molecule has 3 N–H and O–H groups in total. The van der Waals surface area contributed by atoms with Crippen molar-refractivity contribution in [3.8, 4) is 0 Å². The number of pyridine rings is 1. The Balaban J connectivity index is 1.45. The quantitative estimate of drug-likeness (QED) is 0.637. The zero-order valence-electron chi connectivity index (χ0n) is 17.0. The Morgan fingerprint density at radius 3 is 2.45 bits per heavy atom. The van der Waals surface area contributed by atoms with Gasteiger partial charge in [-0.2, -0.15) is 0 Å². The van der Waals surface area contributed by atoms with Crippen LogP contribution in [-0.4, -0.2) is 54.4 Å². The Morgan fingerprint density at radius 2 is 1.76 bits per heavy atom. The van der Waals surface area contributed by atoms with Crippen molar-refractivity contribution in [1.82, 2.24) is 20.5 Å². The van der Waals surface area contributed by atoms with Crippen LogP contribution < -0.4 is 16.0 Å². The molecule has 7 heteroatoms. The molecule has 0 spiro atoms. The van der Waals surface area contributed by atoms with Gasteiger partial charge in [0.2, 0.25) is 5.91 Å².